The number of rotatable bonds is 4. The lowest BCUT2D eigenvalue weighted by atomic mass is 10.3. The molecule has 0 bridgehead atoms. The zero-order valence-electron chi connectivity index (χ0n) is 10.5. The van der Waals surface area contributed by atoms with E-state index in [1.54, 1.807) is 10.9 Å². The minimum atomic E-state index is 0.486. The Morgan fingerprint density at radius 3 is 2.65 bits per heavy atom. The quantitative estimate of drug-likeness (QED) is 0.784. The van der Waals surface area contributed by atoms with Gasteiger partial charge in [0.1, 0.15) is 5.03 Å². The van der Waals surface area contributed by atoms with E-state index in [4.69, 9.17) is 5.73 Å². The second-order valence-electron chi connectivity index (χ2n) is 4.02. The fourth-order valence-electron chi connectivity index (χ4n) is 1.66. The van der Waals surface area contributed by atoms with Crippen molar-refractivity contribution in [2.75, 3.05) is 0 Å². The van der Waals surface area contributed by atoms with Gasteiger partial charge in [-0.1, -0.05) is 24.3 Å². The van der Waals surface area contributed by atoms with E-state index in [9.17, 15) is 0 Å². The van der Waals surface area contributed by atoms with E-state index in [0.717, 1.165) is 16.3 Å². The van der Waals surface area contributed by atoms with Gasteiger partial charge in [-0.15, -0.1) is 5.10 Å². The Bertz CT molecular complexity index is 680. The molecule has 2 N–H and O–H groups in total. The van der Waals surface area contributed by atoms with E-state index in [-0.39, 0.29) is 0 Å². The van der Waals surface area contributed by atoms with Crippen molar-refractivity contribution in [3.8, 4) is 5.69 Å². The number of benzene rings is 1. The smallest absolute Gasteiger partial charge is 0.220 e. The molecule has 2 aromatic heterocycles. The Hall–Kier alpha value is -2.25. The van der Waals surface area contributed by atoms with Crippen LogP contribution in [-0.2, 0) is 6.54 Å². The van der Waals surface area contributed by atoms with E-state index in [1.807, 2.05) is 42.5 Å². The summed E-state index contributed by atoms with van der Waals surface area (Å²) in [5.74, 6) is 0. The highest BCUT2D eigenvalue weighted by Crippen LogP contribution is 2.25. The van der Waals surface area contributed by atoms with Crippen molar-refractivity contribution >= 4 is 11.8 Å². The SMILES string of the molecule is NCc1ccc(Sc2nnnn2-c2ccccc2)nc1. The number of para-hydroxylation sites is 1. The molecule has 0 aliphatic rings. The highest BCUT2D eigenvalue weighted by atomic mass is 32.2. The molecule has 0 fully saturated rings. The summed E-state index contributed by atoms with van der Waals surface area (Å²) in [5, 5.41) is 13.3. The van der Waals surface area contributed by atoms with Gasteiger partial charge in [0.25, 0.3) is 0 Å². The van der Waals surface area contributed by atoms with Crippen LogP contribution in [0.1, 0.15) is 5.56 Å². The zero-order valence-corrected chi connectivity index (χ0v) is 11.4. The largest absolute Gasteiger partial charge is 0.326 e. The Morgan fingerprint density at radius 2 is 1.95 bits per heavy atom. The van der Waals surface area contributed by atoms with Crippen molar-refractivity contribution in [2.24, 2.45) is 5.73 Å². The minimum absolute atomic E-state index is 0.486. The summed E-state index contributed by atoms with van der Waals surface area (Å²) in [5.41, 5.74) is 7.47. The summed E-state index contributed by atoms with van der Waals surface area (Å²) in [6.07, 6.45) is 1.76. The number of nitrogens with two attached hydrogens (primary N) is 1. The van der Waals surface area contributed by atoms with Crippen LogP contribution in [0.15, 0.2) is 58.8 Å². The standard InChI is InChI=1S/C13H12N6S/c14-8-10-6-7-12(15-9-10)20-13-16-17-18-19(13)11-4-2-1-3-5-11/h1-7,9H,8,14H2. The molecule has 0 aliphatic heterocycles. The van der Waals surface area contributed by atoms with Gasteiger partial charge in [-0.25, -0.2) is 4.98 Å². The van der Waals surface area contributed by atoms with Crippen molar-refractivity contribution in [3.63, 3.8) is 0 Å². The topological polar surface area (TPSA) is 82.5 Å². The van der Waals surface area contributed by atoms with Crippen molar-refractivity contribution in [1.82, 2.24) is 25.2 Å². The molecule has 100 valence electrons. The summed E-state index contributed by atoms with van der Waals surface area (Å²) in [7, 11) is 0. The Labute approximate surface area is 120 Å². The maximum atomic E-state index is 5.55. The third-order valence-electron chi connectivity index (χ3n) is 2.67. The molecule has 2 heterocycles. The van der Waals surface area contributed by atoms with Gasteiger partial charge in [0, 0.05) is 12.7 Å². The van der Waals surface area contributed by atoms with Crippen LogP contribution in [-0.4, -0.2) is 25.2 Å². The highest BCUT2D eigenvalue weighted by Gasteiger charge is 2.10. The van der Waals surface area contributed by atoms with E-state index >= 15 is 0 Å². The zero-order chi connectivity index (χ0) is 13.8. The fourth-order valence-corrected chi connectivity index (χ4v) is 2.39. The molecule has 0 unspecified atom stereocenters. The molecule has 20 heavy (non-hydrogen) atoms. The van der Waals surface area contributed by atoms with Crippen LogP contribution in [0.5, 0.6) is 0 Å². The maximum absolute atomic E-state index is 5.55. The molecule has 0 atom stereocenters. The first kappa shape index (κ1) is 12.8. The van der Waals surface area contributed by atoms with Gasteiger partial charge in [-0.2, -0.15) is 4.68 Å². The molecule has 0 amide bonds. The van der Waals surface area contributed by atoms with Crippen LogP contribution in [0.25, 0.3) is 5.69 Å². The van der Waals surface area contributed by atoms with E-state index in [1.165, 1.54) is 11.8 Å². The van der Waals surface area contributed by atoms with Gasteiger partial charge in [0.05, 0.1) is 5.69 Å². The molecular formula is C13H12N6S. The average molecular weight is 284 g/mol. The monoisotopic (exact) mass is 284 g/mol. The Kier molecular flexibility index (Phi) is 3.71. The molecular weight excluding hydrogens is 272 g/mol. The van der Waals surface area contributed by atoms with Crippen LogP contribution in [0.4, 0.5) is 0 Å². The van der Waals surface area contributed by atoms with Crippen LogP contribution in [0, 0.1) is 0 Å². The number of hydrogen-bond donors (Lipinski definition) is 1. The lowest BCUT2D eigenvalue weighted by Gasteiger charge is -2.03. The van der Waals surface area contributed by atoms with Crippen LogP contribution >= 0.6 is 11.8 Å². The molecule has 0 radical (unpaired) electrons. The normalized spacial score (nSPS) is 10.7. The predicted octanol–water partition coefficient (Wildman–Crippen LogP) is 1.67. The summed E-state index contributed by atoms with van der Waals surface area (Å²) in [4.78, 5) is 4.33. The molecule has 3 aromatic rings. The summed E-state index contributed by atoms with van der Waals surface area (Å²) < 4.78 is 1.68. The highest BCUT2D eigenvalue weighted by molar-refractivity contribution is 7.99. The Balaban J connectivity index is 1.86. The summed E-state index contributed by atoms with van der Waals surface area (Å²) >= 11 is 1.41. The second-order valence-corrected chi connectivity index (χ2v) is 5.01. The molecule has 1 aromatic carbocycles. The lowest BCUT2D eigenvalue weighted by molar-refractivity contribution is 0.756. The number of aromatic nitrogens is 5. The molecule has 7 heteroatoms. The third-order valence-corrected chi connectivity index (χ3v) is 3.56. The molecule has 0 spiro atoms. The predicted molar refractivity (Wildman–Crippen MR) is 75.4 cm³/mol. The summed E-state index contributed by atoms with van der Waals surface area (Å²) in [6.45, 7) is 0.486. The maximum Gasteiger partial charge on any atom is 0.220 e. The van der Waals surface area contributed by atoms with Crippen molar-refractivity contribution in [3.05, 3.63) is 54.2 Å². The van der Waals surface area contributed by atoms with Crippen LogP contribution < -0.4 is 5.73 Å². The van der Waals surface area contributed by atoms with Gasteiger partial charge < -0.3 is 5.73 Å². The average Bonchev–Trinajstić information content (AvgIpc) is 2.97. The Morgan fingerprint density at radius 1 is 1.10 bits per heavy atom. The first-order chi connectivity index (χ1) is 9.86. The van der Waals surface area contributed by atoms with Gasteiger partial charge >= 0.3 is 0 Å². The first-order valence-corrected chi connectivity index (χ1v) is 6.85. The number of tetrazole rings is 1. The lowest BCUT2D eigenvalue weighted by Crippen LogP contribution is -1.99. The second kappa shape index (κ2) is 5.81. The van der Waals surface area contributed by atoms with Crippen LogP contribution in [0.3, 0.4) is 0 Å². The molecule has 0 saturated heterocycles. The van der Waals surface area contributed by atoms with E-state index in [2.05, 4.69) is 20.5 Å². The van der Waals surface area contributed by atoms with Crippen molar-refractivity contribution in [2.45, 2.75) is 16.7 Å². The molecule has 3 rings (SSSR count). The van der Waals surface area contributed by atoms with Gasteiger partial charge in [-0.3, -0.25) is 0 Å². The summed E-state index contributed by atoms with van der Waals surface area (Å²) in [6, 6.07) is 13.6. The first-order valence-electron chi connectivity index (χ1n) is 6.03. The van der Waals surface area contributed by atoms with E-state index < -0.39 is 0 Å². The van der Waals surface area contributed by atoms with E-state index in [0.29, 0.717) is 11.7 Å². The van der Waals surface area contributed by atoms with Gasteiger partial charge in [-0.05, 0) is 46.0 Å². The number of pyridine rings is 1. The van der Waals surface area contributed by atoms with Gasteiger partial charge in [0.15, 0.2) is 0 Å². The number of hydrogen-bond acceptors (Lipinski definition) is 6. The minimum Gasteiger partial charge on any atom is -0.326 e. The number of nitrogens with zero attached hydrogens (tertiary/aromatic N) is 5. The molecule has 0 aliphatic carbocycles. The van der Waals surface area contributed by atoms with Crippen molar-refractivity contribution in [1.29, 1.82) is 0 Å². The molecule has 6 nitrogen and oxygen atoms in total. The third kappa shape index (κ3) is 2.68. The van der Waals surface area contributed by atoms with Gasteiger partial charge in [0.2, 0.25) is 5.16 Å². The van der Waals surface area contributed by atoms with Crippen LogP contribution in [0.2, 0.25) is 0 Å². The van der Waals surface area contributed by atoms with Crippen molar-refractivity contribution < 1.29 is 0 Å². The molecule has 0 saturated carbocycles. The fraction of sp³-hybridized carbons (Fsp3) is 0.0769.